The monoisotopic (exact) mass is 250 g/mol. The summed E-state index contributed by atoms with van der Waals surface area (Å²) in [5.41, 5.74) is 2.05. The molecule has 0 unspecified atom stereocenters. The Labute approximate surface area is 108 Å². The van der Waals surface area contributed by atoms with E-state index in [-0.39, 0.29) is 11.7 Å². The number of allylic oxidation sites excluding steroid dienone is 1. The maximum Gasteiger partial charge on any atom is 0.118 e. The van der Waals surface area contributed by atoms with E-state index in [4.69, 9.17) is 9.15 Å². The third-order valence-corrected chi connectivity index (χ3v) is 3.66. The minimum absolute atomic E-state index is 0.160. The molecule has 0 aromatic carbocycles. The molecular formula is C15H22O3. The van der Waals surface area contributed by atoms with Crippen molar-refractivity contribution >= 4 is 0 Å². The van der Waals surface area contributed by atoms with E-state index in [1.54, 1.807) is 12.5 Å². The van der Waals surface area contributed by atoms with Gasteiger partial charge in [0.05, 0.1) is 24.7 Å². The number of aliphatic hydroxyl groups is 1. The van der Waals surface area contributed by atoms with Gasteiger partial charge in [-0.15, -0.1) is 0 Å². The maximum atomic E-state index is 10.1. The van der Waals surface area contributed by atoms with Gasteiger partial charge in [-0.3, -0.25) is 0 Å². The predicted molar refractivity (Wildman–Crippen MR) is 70.4 cm³/mol. The van der Waals surface area contributed by atoms with Gasteiger partial charge in [0, 0.05) is 0 Å². The lowest BCUT2D eigenvalue weighted by Crippen LogP contribution is -2.28. The summed E-state index contributed by atoms with van der Waals surface area (Å²) in [6.45, 7) is 6.08. The fourth-order valence-corrected chi connectivity index (χ4v) is 2.23. The Morgan fingerprint density at radius 2 is 2.33 bits per heavy atom. The van der Waals surface area contributed by atoms with Crippen molar-refractivity contribution < 1.29 is 14.3 Å². The number of rotatable bonds is 6. The van der Waals surface area contributed by atoms with Crippen LogP contribution in [-0.4, -0.2) is 22.9 Å². The Hall–Kier alpha value is -1.06. The zero-order valence-electron chi connectivity index (χ0n) is 11.3. The lowest BCUT2D eigenvalue weighted by atomic mass is 9.94. The van der Waals surface area contributed by atoms with Gasteiger partial charge in [0.2, 0.25) is 0 Å². The highest BCUT2D eigenvalue weighted by Crippen LogP contribution is 2.43. The first kappa shape index (κ1) is 13.4. The molecule has 1 aromatic rings. The van der Waals surface area contributed by atoms with Crippen molar-refractivity contribution in [1.29, 1.82) is 0 Å². The first-order valence-electron chi connectivity index (χ1n) is 6.52. The molecular weight excluding hydrogens is 228 g/mol. The van der Waals surface area contributed by atoms with Gasteiger partial charge >= 0.3 is 0 Å². The average Bonchev–Trinajstić information content (AvgIpc) is 2.78. The highest BCUT2D eigenvalue weighted by molar-refractivity contribution is 5.11. The molecule has 2 rings (SSSR count). The van der Waals surface area contributed by atoms with Crippen LogP contribution in [0.3, 0.4) is 0 Å². The van der Waals surface area contributed by atoms with Crippen molar-refractivity contribution in [3.05, 3.63) is 35.8 Å². The summed E-state index contributed by atoms with van der Waals surface area (Å²) in [6.07, 6.45) is 7.79. The molecule has 2 heterocycles. The molecule has 0 spiro atoms. The smallest absolute Gasteiger partial charge is 0.118 e. The lowest BCUT2D eigenvalue weighted by molar-refractivity contribution is 0.0872. The number of hydrogen-bond donors (Lipinski definition) is 1. The van der Waals surface area contributed by atoms with E-state index >= 15 is 0 Å². The van der Waals surface area contributed by atoms with Gasteiger partial charge in [-0.1, -0.05) is 11.6 Å². The fraction of sp³-hybridized carbons (Fsp3) is 0.600. The maximum absolute atomic E-state index is 10.1. The van der Waals surface area contributed by atoms with Crippen LogP contribution in [0.25, 0.3) is 0 Å². The third kappa shape index (κ3) is 3.03. The van der Waals surface area contributed by atoms with Crippen molar-refractivity contribution in [3.8, 4) is 0 Å². The van der Waals surface area contributed by atoms with E-state index in [1.165, 1.54) is 11.1 Å². The number of epoxide rings is 1. The molecule has 1 aliphatic heterocycles. The Morgan fingerprint density at radius 1 is 1.56 bits per heavy atom. The summed E-state index contributed by atoms with van der Waals surface area (Å²) in [5.74, 6) is 0. The van der Waals surface area contributed by atoms with Crippen LogP contribution >= 0.6 is 0 Å². The summed E-state index contributed by atoms with van der Waals surface area (Å²) in [6, 6.07) is 1.97. The highest BCUT2D eigenvalue weighted by atomic mass is 16.6. The summed E-state index contributed by atoms with van der Waals surface area (Å²) in [5, 5.41) is 10.1. The van der Waals surface area contributed by atoms with Crippen molar-refractivity contribution in [2.75, 3.05) is 0 Å². The first-order valence-corrected chi connectivity index (χ1v) is 6.52. The SMILES string of the molecule is CC(C)=CC[C@@H](O)[C@@]1(C)O[C@H]1CCc1ccoc1. The molecule has 1 aromatic heterocycles. The standard InChI is InChI=1S/C15H22O3/c1-11(2)4-6-13(16)15(3)14(18-15)7-5-12-8-9-17-10-12/h4,8-10,13-14,16H,5-7H2,1-3H3/t13-,14+,15-/m1/s1. The van der Waals surface area contributed by atoms with Crippen LogP contribution < -0.4 is 0 Å². The Balaban J connectivity index is 1.79. The van der Waals surface area contributed by atoms with Gasteiger partial charge in [0.15, 0.2) is 0 Å². The van der Waals surface area contributed by atoms with Gasteiger partial charge in [0.1, 0.15) is 5.60 Å². The van der Waals surface area contributed by atoms with E-state index in [0.29, 0.717) is 6.42 Å². The number of hydrogen-bond acceptors (Lipinski definition) is 3. The van der Waals surface area contributed by atoms with Gasteiger partial charge in [0.25, 0.3) is 0 Å². The molecule has 0 bridgehead atoms. The van der Waals surface area contributed by atoms with Crippen molar-refractivity contribution in [2.24, 2.45) is 0 Å². The predicted octanol–water partition coefficient (Wildman–Crippen LogP) is 3.09. The minimum Gasteiger partial charge on any atom is -0.472 e. The summed E-state index contributed by atoms with van der Waals surface area (Å²) in [4.78, 5) is 0. The molecule has 1 aliphatic rings. The fourth-order valence-electron chi connectivity index (χ4n) is 2.23. The molecule has 0 radical (unpaired) electrons. The number of aryl methyl sites for hydroxylation is 1. The summed E-state index contributed by atoms with van der Waals surface area (Å²) < 4.78 is 10.7. The second-order valence-electron chi connectivity index (χ2n) is 5.49. The molecule has 1 fully saturated rings. The number of ether oxygens (including phenoxy) is 1. The largest absolute Gasteiger partial charge is 0.472 e. The normalized spacial score (nSPS) is 27.9. The van der Waals surface area contributed by atoms with Crippen LogP contribution in [0.5, 0.6) is 0 Å². The van der Waals surface area contributed by atoms with Gasteiger partial charge in [-0.05, 0) is 51.7 Å². The van der Waals surface area contributed by atoms with Crippen LogP contribution in [0.1, 0.15) is 39.2 Å². The second-order valence-corrected chi connectivity index (χ2v) is 5.49. The van der Waals surface area contributed by atoms with Crippen LogP contribution in [0, 0.1) is 0 Å². The summed E-state index contributed by atoms with van der Waals surface area (Å²) >= 11 is 0. The molecule has 0 aliphatic carbocycles. The van der Waals surface area contributed by atoms with Gasteiger partial charge < -0.3 is 14.3 Å². The molecule has 0 amide bonds. The van der Waals surface area contributed by atoms with Crippen LogP contribution in [0.15, 0.2) is 34.7 Å². The third-order valence-electron chi connectivity index (χ3n) is 3.66. The molecule has 1 N–H and O–H groups in total. The van der Waals surface area contributed by atoms with E-state index in [1.807, 2.05) is 26.8 Å². The molecule has 3 heteroatoms. The average molecular weight is 250 g/mol. The Bertz CT molecular complexity index is 403. The Morgan fingerprint density at radius 3 is 2.94 bits per heavy atom. The molecule has 0 saturated carbocycles. The van der Waals surface area contributed by atoms with E-state index in [0.717, 1.165) is 12.8 Å². The summed E-state index contributed by atoms with van der Waals surface area (Å²) in [7, 11) is 0. The van der Waals surface area contributed by atoms with Crippen molar-refractivity contribution in [3.63, 3.8) is 0 Å². The Kier molecular flexibility index (Phi) is 3.93. The van der Waals surface area contributed by atoms with Gasteiger partial charge in [-0.2, -0.15) is 0 Å². The molecule has 3 nitrogen and oxygen atoms in total. The van der Waals surface area contributed by atoms with Crippen molar-refractivity contribution in [2.45, 2.75) is 57.8 Å². The van der Waals surface area contributed by atoms with Crippen LogP contribution in [0.4, 0.5) is 0 Å². The topological polar surface area (TPSA) is 45.9 Å². The lowest BCUT2D eigenvalue weighted by Gasteiger charge is -2.13. The van der Waals surface area contributed by atoms with E-state index in [2.05, 4.69) is 6.08 Å². The number of furan rings is 1. The minimum atomic E-state index is -0.415. The van der Waals surface area contributed by atoms with Gasteiger partial charge in [-0.25, -0.2) is 0 Å². The van der Waals surface area contributed by atoms with E-state index in [9.17, 15) is 5.11 Å². The zero-order chi connectivity index (χ0) is 13.2. The first-order chi connectivity index (χ1) is 8.52. The zero-order valence-corrected chi connectivity index (χ0v) is 11.3. The molecule has 3 atom stereocenters. The quantitative estimate of drug-likeness (QED) is 0.623. The van der Waals surface area contributed by atoms with E-state index < -0.39 is 6.10 Å². The molecule has 1 saturated heterocycles. The number of aliphatic hydroxyl groups excluding tert-OH is 1. The van der Waals surface area contributed by atoms with Crippen molar-refractivity contribution in [1.82, 2.24) is 0 Å². The highest BCUT2D eigenvalue weighted by Gasteiger charge is 2.56. The molecule has 100 valence electrons. The van der Waals surface area contributed by atoms with Crippen LogP contribution in [-0.2, 0) is 11.2 Å². The second kappa shape index (κ2) is 5.29. The van der Waals surface area contributed by atoms with Crippen LogP contribution in [0.2, 0.25) is 0 Å². The molecule has 18 heavy (non-hydrogen) atoms.